The van der Waals surface area contributed by atoms with Crippen LogP contribution in [0.15, 0.2) is 6.20 Å². The second-order valence-corrected chi connectivity index (χ2v) is 2.19. The van der Waals surface area contributed by atoms with Gasteiger partial charge < -0.3 is 4.74 Å². The van der Waals surface area contributed by atoms with Gasteiger partial charge in [-0.2, -0.15) is 4.39 Å². The van der Waals surface area contributed by atoms with Crippen LogP contribution in [-0.4, -0.2) is 23.0 Å². The van der Waals surface area contributed by atoms with Gasteiger partial charge in [0.25, 0.3) is 5.95 Å². The van der Waals surface area contributed by atoms with E-state index in [4.69, 9.17) is 11.6 Å². The smallest absolute Gasteiger partial charge is 0.358 e. The summed E-state index contributed by atoms with van der Waals surface area (Å²) in [6.45, 7) is 0. The first-order valence-electron chi connectivity index (χ1n) is 2.91. The number of halogens is 2. The topological polar surface area (TPSA) is 52.1 Å². The Kier molecular flexibility index (Phi) is 2.54. The van der Waals surface area contributed by atoms with Gasteiger partial charge in [-0.25, -0.2) is 14.8 Å². The number of carbonyl (C=O) groups excluding carboxylic acids is 1. The molecule has 1 rings (SSSR count). The lowest BCUT2D eigenvalue weighted by Gasteiger charge is -1.97. The molecule has 6 heteroatoms. The quantitative estimate of drug-likeness (QED) is 0.622. The van der Waals surface area contributed by atoms with E-state index in [9.17, 15) is 9.18 Å². The number of ether oxygens (including phenoxy) is 1. The minimum atomic E-state index is -0.913. The fourth-order valence-corrected chi connectivity index (χ4v) is 0.695. The van der Waals surface area contributed by atoms with Crippen LogP contribution in [0.25, 0.3) is 0 Å². The number of methoxy groups -OCH3 is 1. The van der Waals surface area contributed by atoms with Crippen LogP contribution in [0.5, 0.6) is 0 Å². The van der Waals surface area contributed by atoms with Crippen molar-refractivity contribution in [3.63, 3.8) is 0 Å². The highest BCUT2D eigenvalue weighted by molar-refractivity contribution is 6.29. The standard InChI is InChI=1S/C6H4ClFN2O2/c1-12-6(11)3-2-9-5(8)4(7)10-3/h2H,1H3. The SMILES string of the molecule is COC(=O)c1cnc(F)c(Cl)n1. The fourth-order valence-electron chi connectivity index (χ4n) is 0.555. The van der Waals surface area contributed by atoms with E-state index in [1.165, 1.54) is 7.11 Å². The number of hydrogen-bond donors (Lipinski definition) is 0. The maximum absolute atomic E-state index is 12.4. The molecule has 0 aliphatic carbocycles. The Hall–Kier alpha value is -1.23. The molecule has 0 amide bonds. The highest BCUT2D eigenvalue weighted by Gasteiger charge is 2.10. The molecule has 12 heavy (non-hydrogen) atoms. The van der Waals surface area contributed by atoms with Gasteiger partial charge in [-0.1, -0.05) is 11.6 Å². The summed E-state index contributed by atoms with van der Waals surface area (Å²) in [5, 5.41) is -0.446. The average molecular weight is 191 g/mol. The molecule has 0 aliphatic rings. The van der Waals surface area contributed by atoms with Crippen molar-refractivity contribution in [2.24, 2.45) is 0 Å². The Morgan fingerprint density at radius 1 is 1.75 bits per heavy atom. The van der Waals surface area contributed by atoms with Crippen molar-refractivity contribution in [1.29, 1.82) is 0 Å². The highest BCUT2D eigenvalue weighted by atomic mass is 35.5. The molecule has 4 nitrogen and oxygen atoms in total. The molecular weight excluding hydrogens is 187 g/mol. The number of nitrogens with zero attached hydrogens (tertiary/aromatic N) is 2. The van der Waals surface area contributed by atoms with Crippen molar-refractivity contribution in [2.45, 2.75) is 0 Å². The van der Waals surface area contributed by atoms with E-state index < -0.39 is 17.1 Å². The molecule has 0 spiro atoms. The molecule has 0 N–H and O–H groups in total. The zero-order valence-electron chi connectivity index (χ0n) is 6.04. The third kappa shape index (κ3) is 1.68. The first-order valence-corrected chi connectivity index (χ1v) is 3.29. The molecule has 1 heterocycles. The normalized spacial score (nSPS) is 9.58. The van der Waals surface area contributed by atoms with Gasteiger partial charge in [0.1, 0.15) is 0 Å². The van der Waals surface area contributed by atoms with Gasteiger partial charge in [0.2, 0.25) is 0 Å². The lowest BCUT2D eigenvalue weighted by molar-refractivity contribution is 0.0593. The fraction of sp³-hybridized carbons (Fsp3) is 0.167. The van der Waals surface area contributed by atoms with Crippen molar-refractivity contribution in [3.05, 3.63) is 23.0 Å². The Morgan fingerprint density at radius 3 is 2.92 bits per heavy atom. The molecule has 64 valence electrons. The molecule has 0 aliphatic heterocycles. The third-order valence-corrected chi connectivity index (χ3v) is 1.32. The van der Waals surface area contributed by atoms with E-state index in [1.807, 2.05) is 0 Å². The van der Waals surface area contributed by atoms with Crippen molar-refractivity contribution in [1.82, 2.24) is 9.97 Å². The molecule has 0 radical (unpaired) electrons. The number of rotatable bonds is 1. The van der Waals surface area contributed by atoms with Gasteiger partial charge in [0, 0.05) is 0 Å². The van der Waals surface area contributed by atoms with Gasteiger partial charge in [-0.15, -0.1) is 0 Å². The molecule has 0 atom stereocenters. The van der Waals surface area contributed by atoms with Crippen LogP contribution in [0.1, 0.15) is 10.5 Å². The molecule has 1 aromatic rings. The van der Waals surface area contributed by atoms with Gasteiger partial charge in [0.15, 0.2) is 10.8 Å². The van der Waals surface area contributed by atoms with Crippen molar-refractivity contribution in [3.8, 4) is 0 Å². The first-order chi connectivity index (χ1) is 5.65. The first kappa shape index (κ1) is 8.86. The van der Waals surface area contributed by atoms with E-state index in [0.717, 1.165) is 6.20 Å². The van der Waals surface area contributed by atoms with Crippen molar-refractivity contribution in [2.75, 3.05) is 7.11 Å². The molecule has 0 saturated heterocycles. The number of carbonyl (C=O) groups is 1. The molecule has 0 saturated carbocycles. The Morgan fingerprint density at radius 2 is 2.42 bits per heavy atom. The Bertz CT molecular complexity index is 318. The molecule has 0 aromatic carbocycles. The maximum Gasteiger partial charge on any atom is 0.358 e. The van der Waals surface area contributed by atoms with Crippen LogP contribution in [0.4, 0.5) is 4.39 Å². The second kappa shape index (κ2) is 3.44. The van der Waals surface area contributed by atoms with Gasteiger partial charge in [-0.3, -0.25) is 0 Å². The summed E-state index contributed by atoms with van der Waals surface area (Å²) in [7, 11) is 1.18. The minimum absolute atomic E-state index is 0.121. The van der Waals surface area contributed by atoms with Crippen LogP contribution in [0.3, 0.4) is 0 Å². The van der Waals surface area contributed by atoms with Crippen LogP contribution in [0.2, 0.25) is 5.15 Å². The van der Waals surface area contributed by atoms with E-state index in [1.54, 1.807) is 0 Å². The van der Waals surface area contributed by atoms with E-state index in [2.05, 4.69) is 14.7 Å². The van der Waals surface area contributed by atoms with E-state index in [-0.39, 0.29) is 5.69 Å². The summed E-state index contributed by atoms with van der Waals surface area (Å²) in [5.41, 5.74) is -0.121. The highest BCUT2D eigenvalue weighted by Crippen LogP contribution is 2.08. The lowest BCUT2D eigenvalue weighted by Crippen LogP contribution is -2.06. The molecule has 1 aromatic heterocycles. The van der Waals surface area contributed by atoms with Crippen LogP contribution in [0, 0.1) is 5.95 Å². The minimum Gasteiger partial charge on any atom is -0.464 e. The van der Waals surface area contributed by atoms with Crippen LogP contribution in [-0.2, 0) is 4.74 Å². The summed E-state index contributed by atoms with van der Waals surface area (Å²) in [6.07, 6.45) is 0.951. The van der Waals surface area contributed by atoms with Crippen LogP contribution < -0.4 is 0 Å². The predicted octanol–water partition coefficient (Wildman–Crippen LogP) is 1.06. The second-order valence-electron chi connectivity index (χ2n) is 1.83. The summed E-state index contributed by atoms with van der Waals surface area (Å²) < 4.78 is 16.7. The lowest BCUT2D eigenvalue weighted by atomic mass is 10.5. The summed E-state index contributed by atoms with van der Waals surface area (Å²) in [5.74, 6) is -1.62. The molecule has 0 bridgehead atoms. The number of hydrogen-bond acceptors (Lipinski definition) is 4. The monoisotopic (exact) mass is 190 g/mol. The van der Waals surface area contributed by atoms with Gasteiger partial charge in [0.05, 0.1) is 13.3 Å². The Balaban J connectivity index is 3.05. The van der Waals surface area contributed by atoms with Gasteiger partial charge >= 0.3 is 5.97 Å². The maximum atomic E-state index is 12.4. The number of aromatic nitrogens is 2. The molecule has 0 unspecified atom stereocenters. The van der Waals surface area contributed by atoms with Crippen molar-refractivity contribution >= 4 is 17.6 Å². The zero-order chi connectivity index (χ0) is 9.14. The summed E-state index contributed by atoms with van der Waals surface area (Å²) in [6, 6.07) is 0. The third-order valence-electron chi connectivity index (χ3n) is 1.08. The largest absolute Gasteiger partial charge is 0.464 e. The van der Waals surface area contributed by atoms with E-state index in [0.29, 0.717) is 0 Å². The predicted molar refractivity (Wildman–Crippen MR) is 38.3 cm³/mol. The number of esters is 1. The zero-order valence-corrected chi connectivity index (χ0v) is 6.80. The molecule has 0 fully saturated rings. The summed E-state index contributed by atoms with van der Waals surface area (Å²) >= 11 is 5.26. The Labute approximate surface area is 72.3 Å². The summed E-state index contributed by atoms with van der Waals surface area (Å²) in [4.78, 5) is 17.4. The van der Waals surface area contributed by atoms with Crippen molar-refractivity contribution < 1.29 is 13.9 Å². The average Bonchev–Trinajstić information content (AvgIpc) is 2.08. The van der Waals surface area contributed by atoms with Crippen LogP contribution >= 0.6 is 11.6 Å². The van der Waals surface area contributed by atoms with Gasteiger partial charge in [-0.05, 0) is 0 Å². The molecular formula is C6H4ClFN2O2. The van der Waals surface area contributed by atoms with E-state index >= 15 is 0 Å².